The van der Waals surface area contributed by atoms with E-state index in [1.54, 1.807) is 6.08 Å². The number of rotatable bonds is 10. The molecule has 0 bridgehead atoms. The molecule has 0 aliphatic carbocycles. The molecule has 0 amide bonds. The first-order chi connectivity index (χ1) is 12.7. The maximum absolute atomic E-state index is 12.3. The molecule has 1 unspecified atom stereocenters. The molecule has 0 N–H and O–H groups in total. The third kappa shape index (κ3) is 5.33. The first kappa shape index (κ1) is 20.0. The Morgan fingerprint density at radius 1 is 1.23 bits per heavy atom. The maximum Gasteiger partial charge on any atom is 0.335 e. The number of benzene rings is 1. The van der Waals surface area contributed by atoms with Crippen LogP contribution in [0.2, 0.25) is 0 Å². The van der Waals surface area contributed by atoms with E-state index in [9.17, 15) is 4.79 Å². The predicted octanol–water partition coefficient (Wildman–Crippen LogP) is 4.25. The summed E-state index contributed by atoms with van der Waals surface area (Å²) in [5, 5.41) is 0. The summed E-state index contributed by atoms with van der Waals surface area (Å²) >= 11 is 0. The molecule has 0 spiro atoms. The largest absolute Gasteiger partial charge is 0.466 e. The highest BCUT2D eigenvalue weighted by Crippen LogP contribution is 2.31. The second-order valence-corrected chi connectivity index (χ2v) is 6.31. The maximum atomic E-state index is 12.3. The number of hydrogen-bond acceptors (Lipinski definition) is 4. The third-order valence-electron chi connectivity index (χ3n) is 4.57. The highest BCUT2D eigenvalue weighted by molar-refractivity contribution is 5.89. The number of allylic oxidation sites excluding steroid dienone is 1. The van der Waals surface area contributed by atoms with Crippen molar-refractivity contribution in [3.05, 3.63) is 72.5 Å². The number of ether oxygens (including phenoxy) is 2. The lowest BCUT2D eigenvalue weighted by Crippen LogP contribution is -2.41. The second-order valence-electron chi connectivity index (χ2n) is 6.31. The lowest BCUT2D eigenvalue weighted by Gasteiger charge is -2.39. The molecule has 26 heavy (non-hydrogen) atoms. The zero-order chi connectivity index (χ0) is 18.8. The van der Waals surface area contributed by atoms with Crippen LogP contribution in [0.4, 0.5) is 0 Å². The van der Waals surface area contributed by atoms with Gasteiger partial charge in [-0.25, -0.2) is 4.79 Å². The topological polar surface area (TPSA) is 38.8 Å². The Bertz CT molecular complexity index is 636. The van der Waals surface area contributed by atoms with Crippen LogP contribution in [0.3, 0.4) is 0 Å². The van der Waals surface area contributed by atoms with Crippen LogP contribution >= 0.6 is 0 Å². The quantitative estimate of drug-likeness (QED) is 0.465. The van der Waals surface area contributed by atoms with Gasteiger partial charge in [0.1, 0.15) is 6.23 Å². The van der Waals surface area contributed by atoms with Crippen molar-refractivity contribution in [3.8, 4) is 0 Å². The normalized spacial score (nSPS) is 17.1. The van der Waals surface area contributed by atoms with Crippen molar-refractivity contribution < 1.29 is 14.3 Å². The Labute approximate surface area is 156 Å². The van der Waals surface area contributed by atoms with Gasteiger partial charge in [-0.3, -0.25) is 0 Å². The molecule has 0 radical (unpaired) electrons. The van der Waals surface area contributed by atoms with E-state index in [1.807, 2.05) is 12.1 Å². The van der Waals surface area contributed by atoms with Crippen LogP contribution < -0.4 is 0 Å². The van der Waals surface area contributed by atoms with E-state index in [1.165, 1.54) is 12.7 Å². The van der Waals surface area contributed by atoms with Crippen LogP contribution in [0.5, 0.6) is 0 Å². The summed E-state index contributed by atoms with van der Waals surface area (Å²) in [5.74, 6) is -0.240. The third-order valence-corrected chi connectivity index (χ3v) is 4.57. The van der Waals surface area contributed by atoms with E-state index in [2.05, 4.69) is 42.3 Å². The van der Waals surface area contributed by atoms with Gasteiger partial charge in [-0.15, -0.1) is 13.2 Å². The van der Waals surface area contributed by atoms with Crippen LogP contribution in [-0.2, 0) is 20.7 Å². The summed E-state index contributed by atoms with van der Waals surface area (Å²) in [6.07, 6.45) is 7.70. The molecule has 0 fully saturated rings. The fourth-order valence-electron chi connectivity index (χ4n) is 3.38. The Kier molecular flexibility index (Phi) is 8.16. The van der Waals surface area contributed by atoms with Gasteiger partial charge in [0.2, 0.25) is 0 Å². The Hall–Kier alpha value is -2.33. The molecule has 140 valence electrons. The van der Waals surface area contributed by atoms with Gasteiger partial charge in [-0.2, -0.15) is 0 Å². The van der Waals surface area contributed by atoms with Crippen molar-refractivity contribution >= 4 is 5.97 Å². The molecular weight excluding hydrogens is 326 g/mol. The van der Waals surface area contributed by atoms with Gasteiger partial charge in [0.05, 0.1) is 19.3 Å². The molecule has 0 saturated carbocycles. The number of methoxy groups -OCH3 is 1. The number of aryl methyl sites for hydroxylation is 1. The lowest BCUT2D eigenvalue weighted by atomic mass is 9.96. The molecule has 1 aliphatic heterocycles. The van der Waals surface area contributed by atoms with Crippen molar-refractivity contribution in [2.24, 2.45) is 0 Å². The molecule has 1 atom stereocenters. The van der Waals surface area contributed by atoms with E-state index in [-0.39, 0.29) is 12.2 Å². The summed E-state index contributed by atoms with van der Waals surface area (Å²) in [6.45, 7) is 8.72. The van der Waals surface area contributed by atoms with Crippen LogP contribution in [-0.4, -0.2) is 37.4 Å². The van der Waals surface area contributed by atoms with E-state index >= 15 is 0 Å². The zero-order valence-electron chi connectivity index (χ0n) is 15.7. The molecule has 1 aliphatic rings. The number of esters is 1. The first-order valence-electron chi connectivity index (χ1n) is 9.15. The van der Waals surface area contributed by atoms with Crippen LogP contribution in [0, 0.1) is 0 Å². The van der Waals surface area contributed by atoms with E-state index in [0.29, 0.717) is 19.6 Å². The molecule has 1 heterocycles. The molecular formula is C22H29NO3. The average molecular weight is 355 g/mol. The van der Waals surface area contributed by atoms with Crippen LogP contribution in [0.15, 0.2) is 66.9 Å². The standard InChI is InChI=1S/C22H29NO3/c1-4-16-23-20(13-9-12-18-10-7-6-8-11-18)19(22(24)25-3)14-15-21(23)26-17-5-2/h4-8,10-11,21H,1-2,9,12-17H2,3H3. The summed E-state index contributed by atoms with van der Waals surface area (Å²) < 4.78 is 10.9. The number of carbonyl (C=O) groups is 1. The van der Waals surface area contributed by atoms with Gasteiger partial charge in [0.15, 0.2) is 0 Å². The molecule has 4 heteroatoms. The van der Waals surface area contributed by atoms with E-state index in [0.717, 1.165) is 37.0 Å². The first-order valence-corrected chi connectivity index (χ1v) is 9.15. The monoisotopic (exact) mass is 355 g/mol. The second kappa shape index (κ2) is 10.6. The number of nitrogens with zero attached hydrogens (tertiary/aromatic N) is 1. The highest BCUT2D eigenvalue weighted by Gasteiger charge is 2.31. The molecule has 1 aromatic rings. The van der Waals surface area contributed by atoms with Crippen molar-refractivity contribution in [1.82, 2.24) is 4.90 Å². The summed E-state index contributed by atoms with van der Waals surface area (Å²) in [6, 6.07) is 10.4. The predicted molar refractivity (Wildman–Crippen MR) is 104 cm³/mol. The molecule has 0 saturated heterocycles. The summed E-state index contributed by atoms with van der Waals surface area (Å²) in [4.78, 5) is 14.4. The van der Waals surface area contributed by atoms with Gasteiger partial charge < -0.3 is 14.4 Å². The molecule has 1 aromatic carbocycles. The summed E-state index contributed by atoms with van der Waals surface area (Å²) in [7, 11) is 1.44. The molecule has 0 aromatic heterocycles. The SMILES string of the molecule is C=CCOC1CCC(C(=O)OC)=C(CCCc2ccccc2)N1CC=C. The minimum atomic E-state index is -0.240. The van der Waals surface area contributed by atoms with Gasteiger partial charge in [-0.1, -0.05) is 42.5 Å². The molecule has 4 nitrogen and oxygen atoms in total. The Balaban J connectivity index is 2.18. The van der Waals surface area contributed by atoms with Crippen LogP contribution in [0.1, 0.15) is 31.2 Å². The lowest BCUT2D eigenvalue weighted by molar-refractivity contribution is -0.137. The van der Waals surface area contributed by atoms with Gasteiger partial charge in [0, 0.05) is 12.2 Å². The molecule has 2 rings (SSSR count). The van der Waals surface area contributed by atoms with Crippen molar-refractivity contribution in [3.63, 3.8) is 0 Å². The number of hydrogen-bond donors (Lipinski definition) is 0. The Morgan fingerprint density at radius 3 is 2.65 bits per heavy atom. The minimum absolute atomic E-state index is 0.0638. The fraction of sp³-hybridized carbons (Fsp3) is 0.409. The van der Waals surface area contributed by atoms with Gasteiger partial charge in [0.25, 0.3) is 0 Å². The van der Waals surface area contributed by atoms with Crippen LogP contribution in [0.25, 0.3) is 0 Å². The highest BCUT2D eigenvalue weighted by atomic mass is 16.5. The smallest absolute Gasteiger partial charge is 0.335 e. The van der Waals surface area contributed by atoms with Gasteiger partial charge >= 0.3 is 5.97 Å². The van der Waals surface area contributed by atoms with Gasteiger partial charge in [-0.05, 0) is 37.7 Å². The average Bonchev–Trinajstić information content (AvgIpc) is 2.68. The van der Waals surface area contributed by atoms with E-state index < -0.39 is 0 Å². The minimum Gasteiger partial charge on any atom is -0.466 e. The fourth-order valence-corrected chi connectivity index (χ4v) is 3.38. The Morgan fingerprint density at radius 2 is 2.00 bits per heavy atom. The zero-order valence-corrected chi connectivity index (χ0v) is 15.7. The van der Waals surface area contributed by atoms with Crippen molar-refractivity contribution in [2.75, 3.05) is 20.3 Å². The summed E-state index contributed by atoms with van der Waals surface area (Å²) in [5.41, 5.74) is 3.09. The number of carbonyl (C=O) groups excluding carboxylic acids is 1. The van der Waals surface area contributed by atoms with Crippen molar-refractivity contribution in [1.29, 1.82) is 0 Å². The van der Waals surface area contributed by atoms with E-state index in [4.69, 9.17) is 9.47 Å². The van der Waals surface area contributed by atoms with Crippen molar-refractivity contribution in [2.45, 2.75) is 38.3 Å².